The van der Waals surface area contributed by atoms with E-state index in [-0.39, 0.29) is 36.5 Å². The predicted molar refractivity (Wildman–Crippen MR) is 137 cm³/mol. The first kappa shape index (κ1) is 25.8. The Hall–Kier alpha value is -2.46. The van der Waals surface area contributed by atoms with Crippen LogP contribution in [0.2, 0.25) is 0 Å². The van der Waals surface area contributed by atoms with E-state index in [1.807, 2.05) is 38.2 Å². The number of amides is 1. The number of para-hydroxylation sites is 1. The quantitative estimate of drug-likeness (QED) is 0.408. The largest absolute Gasteiger partial charge is 0.435 e. The molecule has 0 radical (unpaired) electrons. The highest BCUT2D eigenvalue weighted by Crippen LogP contribution is 2.60. The van der Waals surface area contributed by atoms with Gasteiger partial charge in [0.05, 0.1) is 6.42 Å². The lowest BCUT2D eigenvalue weighted by atomic mass is 9.58. The van der Waals surface area contributed by atoms with Crippen molar-refractivity contribution in [3.05, 3.63) is 36.0 Å². The van der Waals surface area contributed by atoms with Crippen LogP contribution in [0, 0.1) is 23.7 Å². The van der Waals surface area contributed by atoms with Crippen molar-refractivity contribution in [1.82, 2.24) is 10.3 Å². The second-order valence-corrected chi connectivity index (χ2v) is 11.7. The molecule has 206 valence electrons. The van der Waals surface area contributed by atoms with Crippen molar-refractivity contribution < 1.29 is 33.6 Å². The van der Waals surface area contributed by atoms with E-state index < -0.39 is 29.9 Å². The molecule has 7 rings (SSSR count). The maximum Gasteiger partial charge on any atom is 0.308 e. The number of benzene rings is 1. The topological polar surface area (TPSA) is 108 Å². The van der Waals surface area contributed by atoms with E-state index in [0.717, 1.165) is 42.1 Å². The van der Waals surface area contributed by atoms with Crippen LogP contribution in [-0.4, -0.2) is 47.4 Å². The minimum Gasteiger partial charge on any atom is -0.435 e. The Morgan fingerprint density at radius 3 is 2.82 bits per heavy atom. The van der Waals surface area contributed by atoms with E-state index in [1.165, 1.54) is 0 Å². The van der Waals surface area contributed by atoms with Crippen molar-refractivity contribution in [3.63, 3.8) is 0 Å². The molecule has 5 aliphatic rings. The molecule has 1 amide bonds. The van der Waals surface area contributed by atoms with Crippen LogP contribution in [-0.2, 0) is 40.0 Å². The Bertz CT molecular complexity index is 1200. The third kappa shape index (κ3) is 4.43. The number of hydrogen-bond donors (Lipinski definition) is 2. The van der Waals surface area contributed by atoms with E-state index in [0.29, 0.717) is 18.9 Å². The summed E-state index contributed by atoms with van der Waals surface area (Å²) in [4.78, 5) is 40.4. The molecule has 1 aromatic carbocycles. The summed E-state index contributed by atoms with van der Waals surface area (Å²) in [5.74, 6) is -0.802. The van der Waals surface area contributed by atoms with Crippen LogP contribution in [0.3, 0.4) is 0 Å². The summed E-state index contributed by atoms with van der Waals surface area (Å²) in [5, 5.41) is 4.07. The molecule has 0 unspecified atom stereocenters. The normalized spacial score (nSPS) is 37.9. The first-order valence-electron chi connectivity index (χ1n) is 14.0. The first-order valence-corrected chi connectivity index (χ1v) is 14.0. The number of esters is 1. The van der Waals surface area contributed by atoms with Crippen molar-refractivity contribution in [2.24, 2.45) is 23.7 Å². The maximum atomic E-state index is 12.8. The van der Waals surface area contributed by atoms with Gasteiger partial charge < -0.3 is 24.5 Å². The van der Waals surface area contributed by atoms with E-state index in [9.17, 15) is 9.59 Å². The molecule has 2 bridgehead atoms. The molecule has 5 fully saturated rings. The molecule has 9 nitrogen and oxygen atoms in total. The highest BCUT2D eigenvalue weighted by Gasteiger charge is 2.69. The molecular formula is C29H38N2O7. The van der Waals surface area contributed by atoms with Gasteiger partial charge >= 0.3 is 5.97 Å². The van der Waals surface area contributed by atoms with E-state index in [2.05, 4.69) is 23.3 Å². The number of nitrogens with one attached hydrogen (secondary N) is 2. The maximum absolute atomic E-state index is 12.8. The lowest BCUT2D eigenvalue weighted by molar-refractivity contribution is -0.576. The van der Waals surface area contributed by atoms with Crippen LogP contribution in [0.1, 0.15) is 64.9 Å². The molecular weight excluding hydrogens is 488 g/mol. The fourth-order valence-corrected chi connectivity index (χ4v) is 7.17. The number of hydrogen-bond acceptors (Lipinski definition) is 7. The standard InChI is InChI=1S/C29H38N2O7/c1-17-8-9-22-18(2)26(35-27-29(22)21(17)12-14-28(3,36-27)37-38-29)34-25(33)11-10-24(32)30-15-13-19-16-31-23-7-5-4-6-20(19)23/h4-7,16-18,21-22,26-27,31H,8-15H2,1-3H3,(H,30,32)/t17-,18-,21+,22+,26-,27-,28+,29-/m1/s1. The van der Waals surface area contributed by atoms with Gasteiger partial charge in [-0.2, -0.15) is 0 Å². The van der Waals surface area contributed by atoms with Crippen LogP contribution in [0.5, 0.6) is 0 Å². The lowest BCUT2D eigenvalue weighted by Crippen LogP contribution is -2.70. The van der Waals surface area contributed by atoms with Gasteiger partial charge in [-0.15, -0.1) is 0 Å². The molecule has 5 heterocycles. The lowest BCUT2D eigenvalue weighted by Gasteiger charge is -2.59. The Morgan fingerprint density at radius 1 is 1.11 bits per heavy atom. The molecule has 4 saturated heterocycles. The second kappa shape index (κ2) is 9.93. The zero-order valence-electron chi connectivity index (χ0n) is 22.4. The summed E-state index contributed by atoms with van der Waals surface area (Å²) in [6.07, 6.45) is 4.99. The van der Waals surface area contributed by atoms with Crippen LogP contribution < -0.4 is 5.32 Å². The molecule has 4 aliphatic heterocycles. The molecule has 2 aromatic rings. The Kier molecular flexibility index (Phi) is 6.74. The van der Waals surface area contributed by atoms with Crippen LogP contribution >= 0.6 is 0 Å². The van der Waals surface area contributed by atoms with Crippen molar-refractivity contribution >= 4 is 22.8 Å². The number of aromatic amines is 1. The average Bonchev–Trinajstić information content (AvgIpc) is 3.17. The van der Waals surface area contributed by atoms with Gasteiger partial charge in [0.15, 0.2) is 11.9 Å². The van der Waals surface area contributed by atoms with Crippen molar-refractivity contribution in [3.8, 4) is 0 Å². The van der Waals surface area contributed by atoms with Gasteiger partial charge in [0.2, 0.25) is 18.0 Å². The third-order valence-electron chi connectivity index (χ3n) is 9.29. The Labute approximate surface area is 222 Å². The number of aromatic nitrogens is 1. The Morgan fingerprint density at radius 2 is 1.95 bits per heavy atom. The fraction of sp³-hybridized carbons (Fsp3) is 0.655. The number of carbonyl (C=O) groups excluding carboxylic acids is 2. The summed E-state index contributed by atoms with van der Waals surface area (Å²) in [6.45, 7) is 6.68. The minimum absolute atomic E-state index is 0.0101. The SMILES string of the molecule is C[C@H]1[C@H](OC(=O)CCC(=O)NCCc2c[nH]c3ccccc23)O[C@@H]2O[C@]3(C)CC[C@H]4[C@H](C)CC[C@@H]1[C@@]24OO3. The third-order valence-corrected chi connectivity index (χ3v) is 9.29. The summed E-state index contributed by atoms with van der Waals surface area (Å²) >= 11 is 0. The number of H-pyrrole nitrogens is 1. The van der Waals surface area contributed by atoms with Crippen LogP contribution in [0.4, 0.5) is 0 Å². The number of carbonyl (C=O) groups is 2. The van der Waals surface area contributed by atoms with E-state index in [1.54, 1.807) is 0 Å². The fourth-order valence-electron chi connectivity index (χ4n) is 7.17. The molecule has 38 heavy (non-hydrogen) atoms. The highest BCUT2D eigenvalue weighted by atomic mass is 17.3. The van der Waals surface area contributed by atoms with Gasteiger partial charge in [0, 0.05) is 48.3 Å². The van der Waals surface area contributed by atoms with Gasteiger partial charge in [-0.25, -0.2) is 9.78 Å². The minimum atomic E-state index is -0.878. The molecule has 1 aliphatic carbocycles. The molecule has 1 saturated carbocycles. The van der Waals surface area contributed by atoms with E-state index >= 15 is 0 Å². The van der Waals surface area contributed by atoms with Gasteiger partial charge in [-0.1, -0.05) is 32.0 Å². The number of ether oxygens (including phenoxy) is 3. The zero-order chi connectivity index (χ0) is 26.5. The molecule has 8 atom stereocenters. The number of rotatable bonds is 7. The van der Waals surface area contributed by atoms with Gasteiger partial charge in [0.1, 0.15) is 0 Å². The highest BCUT2D eigenvalue weighted by molar-refractivity contribution is 5.83. The first-order chi connectivity index (χ1) is 18.3. The molecule has 2 N–H and O–H groups in total. The average molecular weight is 527 g/mol. The zero-order valence-corrected chi connectivity index (χ0v) is 22.4. The van der Waals surface area contributed by atoms with Crippen molar-refractivity contribution in [2.45, 2.75) is 89.7 Å². The van der Waals surface area contributed by atoms with E-state index in [4.69, 9.17) is 24.0 Å². The summed E-state index contributed by atoms with van der Waals surface area (Å²) in [7, 11) is 0. The summed E-state index contributed by atoms with van der Waals surface area (Å²) in [6, 6.07) is 8.08. The summed E-state index contributed by atoms with van der Waals surface area (Å²) in [5.41, 5.74) is 1.54. The second-order valence-electron chi connectivity index (χ2n) is 11.7. The van der Waals surface area contributed by atoms with Gasteiger partial charge in [0.25, 0.3) is 0 Å². The Balaban J connectivity index is 1.02. The molecule has 1 aromatic heterocycles. The summed E-state index contributed by atoms with van der Waals surface area (Å²) < 4.78 is 18.4. The molecule has 1 spiro atoms. The molecule has 9 heteroatoms. The predicted octanol–water partition coefficient (Wildman–Crippen LogP) is 4.36. The van der Waals surface area contributed by atoms with Crippen LogP contribution in [0.25, 0.3) is 10.9 Å². The van der Waals surface area contributed by atoms with Gasteiger partial charge in [-0.05, 0) is 56.1 Å². The smallest absolute Gasteiger partial charge is 0.308 e. The van der Waals surface area contributed by atoms with Crippen molar-refractivity contribution in [2.75, 3.05) is 6.54 Å². The number of fused-ring (bicyclic) bond motifs is 3. The monoisotopic (exact) mass is 526 g/mol. The van der Waals surface area contributed by atoms with Crippen molar-refractivity contribution in [1.29, 1.82) is 0 Å². The van der Waals surface area contributed by atoms with Crippen LogP contribution in [0.15, 0.2) is 30.5 Å². The van der Waals surface area contributed by atoms with Gasteiger partial charge in [-0.3, -0.25) is 9.59 Å².